The van der Waals surface area contributed by atoms with Crippen LogP contribution >= 0.6 is 0 Å². The molecule has 0 fully saturated rings. The third-order valence-electron chi connectivity index (χ3n) is 2.64. The van der Waals surface area contributed by atoms with Crippen molar-refractivity contribution in [2.45, 2.75) is 17.9 Å². The number of hydrogen-bond acceptors (Lipinski definition) is 4. The maximum absolute atomic E-state index is 12.2. The second-order valence-electron chi connectivity index (χ2n) is 4.50. The van der Waals surface area contributed by atoms with E-state index in [2.05, 4.69) is 5.32 Å². The Morgan fingerprint density at radius 3 is 2.50 bits per heavy atom. The Bertz CT molecular complexity index is 531. The fraction of sp³-hybridized carbons (Fsp3) is 0.462. The van der Waals surface area contributed by atoms with Gasteiger partial charge in [0.15, 0.2) is 0 Å². The normalized spacial score (nSPS) is 13.2. The smallest absolute Gasteiger partial charge is 0.243 e. The Hall–Kier alpha value is -1.44. The van der Waals surface area contributed by atoms with Gasteiger partial charge in [-0.1, -0.05) is 18.2 Å². The Balaban J connectivity index is 2.67. The van der Waals surface area contributed by atoms with E-state index in [1.54, 1.807) is 25.1 Å². The molecule has 0 aromatic heterocycles. The second kappa shape index (κ2) is 7.37. The molecular formula is C13H20N2O4S. The number of carbonyl (C=O) groups excluding carboxylic acids is 1. The van der Waals surface area contributed by atoms with Crippen molar-refractivity contribution in [3.8, 4) is 0 Å². The first-order chi connectivity index (χ1) is 9.37. The van der Waals surface area contributed by atoms with Gasteiger partial charge in [0, 0.05) is 20.2 Å². The number of ether oxygens (including phenoxy) is 1. The van der Waals surface area contributed by atoms with Crippen molar-refractivity contribution in [1.29, 1.82) is 0 Å². The van der Waals surface area contributed by atoms with Crippen LogP contribution in [0.3, 0.4) is 0 Å². The number of nitrogens with one attached hydrogen (secondary N) is 1. The molecule has 0 spiro atoms. The van der Waals surface area contributed by atoms with Gasteiger partial charge < -0.3 is 10.1 Å². The molecule has 0 bridgehead atoms. The van der Waals surface area contributed by atoms with Crippen LogP contribution in [-0.2, 0) is 19.6 Å². The van der Waals surface area contributed by atoms with Gasteiger partial charge >= 0.3 is 0 Å². The largest absolute Gasteiger partial charge is 0.383 e. The lowest BCUT2D eigenvalue weighted by Crippen LogP contribution is -2.43. The highest BCUT2D eigenvalue weighted by Crippen LogP contribution is 2.12. The first-order valence-corrected chi connectivity index (χ1v) is 7.61. The molecule has 0 aliphatic rings. The molecule has 0 saturated heterocycles. The van der Waals surface area contributed by atoms with Crippen LogP contribution < -0.4 is 5.32 Å². The minimum Gasteiger partial charge on any atom is -0.383 e. The van der Waals surface area contributed by atoms with Gasteiger partial charge in [0.05, 0.1) is 18.0 Å². The van der Waals surface area contributed by atoms with E-state index in [9.17, 15) is 13.2 Å². The number of hydrogen-bond donors (Lipinski definition) is 1. The van der Waals surface area contributed by atoms with Gasteiger partial charge in [0.25, 0.3) is 0 Å². The molecule has 1 aromatic carbocycles. The maximum atomic E-state index is 12.2. The molecule has 7 heteroatoms. The number of amides is 1. The standard InChI is InChI=1S/C13H20N2O4S/c1-11(10-19-3)14-13(16)9-15(2)20(17,18)12-7-5-4-6-8-12/h4-8,11H,9-10H2,1-3H3,(H,14,16)/t11-/m0/s1. The molecule has 112 valence electrons. The first-order valence-electron chi connectivity index (χ1n) is 6.17. The molecule has 1 aromatic rings. The summed E-state index contributed by atoms with van der Waals surface area (Å²) in [5.74, 6) is -0.364. The molecule has 0 heterocycles. The van der Waals surface area contributed by atoms with Crippen molar-refractivity contribution in [1.82, 2.24) is 9.62 Å². The molecular weight excluding hydrogens is 280 g/mol. The van der Waals surface area contributed by atoms with E-state index in [0.29, 0.717) is 6.61 Å². The molecule has 20 heavy (non-hydrogen) atoms. The van der Waals surface area contributed by atoms with Gasteiger partial charge in [-0.25, -0.2) is 8.42 Å². The lowest BCUT2D eigenvalue weighted by atomic mass is 10.3. The highest BCUT2D eigenvalue weighted by atomic mass is 32.2. The molecule has 0 aliphatic carbocycles. The summed E-state index contributed by atoms with van der Waals surface area (Å²) in [6.07, 6.45) is 0. The molecule has 0 aliphatic heterocycles. The van der Waals surface area contributed by atoms with Gasteiger partial charge in [-0.2, -0.15) is 4.31 Å². The summed E-state index contributed by atoms with van der Waals surface area (Å²) >= 11 is 0. The predicted octanol–water partition coefficient (Wildman–Crippen LogP) is 0.458. The number of methoxy groups -OCH3 is 1. The van der Waals surface area contributed by atoms with Crippen LogP contribution in [0.15, 0.2) is 35.2 Å². The van der Waals surface area contributed by atoms with E-state index in [4.69, 9.17) is 4.74 Å². The van der Waals surface area contributed by atoms with Crippen molar-refractivity contribution in [2.75, 3.05) is 27.3 Å². The number of nitrogens with zero attached hydrogens (tertiary/aromatic N) is 1. The van der Waals surface area contributed by atoms with E-state index in [1.807, 2.05) is 0 Å². The summed E-state index contributed by atoms with van der Waals surface area (Å²) < 4.78 is 30.3. The van der Waals surface area contributed by atoms with Gasteiger partial charge in [-0.3, -0.25) is 4.79 Å². The molecule has 1 rings (SSSR count). The summed E-state index contributed by atoms with van der Waals surface area (Å²) in [6.45, 7) is 1.93. The van der Waals surface area contributed by atoms with E-state index >= 15 is 0 Å². The lowest BCUT2D eigenvalue weighted by Gasteiger charge is -2.18. The topological polar surface area (TPSA) is 75.7 Å². The van der Waals surface area contributed by atoms with Crippen LogP contribution in [0.2, 0.25) is 0 Å². The lowest BCUT2D eigenvalue weighted by molar-refractivity contribution is -0.122. The van der Waals surface area contributed by atoms with Gasteiger partial charge in [0.1, 0.15) is 0 Å². The fourth-order valence-corrected chi connectivity index (χ4v) is 2.82. The van der Waals surface area contributed by atoms with Crippen LogP contribution in [0.1, 0.15) is 6.92 Å². The maximum Gasteiger partial charge on any atom is 0.243 e. The minimum atomic E-state index is -3.64. The van der Waals surface area contributed by atoms with E-state index in [0.717, 1.165) is 4.31 Å². The van der Waals surface area contributed by atoms with Crippen LogP contribution in [0, 0.1) is 0 Å². The van der Waals surface area contributed by atoms with E-state index in [1.165, 1.54) is 26.3 Å². The minimum absolute atomic E-state index is 0.166. The number of likely N-dealkylation sites (N-methyl/N-ethyl adjacent to an activating group) is 1. The zero-order valence-electron chi connectivity index (χ0n) is 11.9. The summed E-state index contributed by atoms with van der Waals surface area (Å²) in [4.78, 5) is 11.9. The average molecular weight is 300 g/mol. The molecule has 0 radical (unpaired) electrons. The Labute approximate surface area is 119 Å². The van der Waals surface area contributed by atoms with Crippen molar-refractivity contribution < 1.29 is 17.9 Å². The summed E-state index contributed by atoms with van der Waals surface area (Å²) in [6, 6.07) is 7.84. The molecule has 1 atom stereocenters. The van der Waals surface area contributed by atoms with Gasteiger partial charge in [-0.15, -0.1) is 0 Å². The zero-order chi connectivity index (χ0) is 15.2. The Morgan fingerprint density at radius 1 is 1.35 bits per heavy atom. The van der Waals surface area contributed by atoms with Crippen molar-refractivity contribution >= 4 is 15.9 Å². The first kappa shape index (κ1) is 16.6. The highest BCUT2D eigenvalue weighted by Gasteiger charge is 2.22. The average Bonchev–Trinajstić information content (AvgIpc) is 2.39. The molecule has 1 N–H and O–H groups in total. The van der Waals surface area contributed by atoms with Gasteiger partial charge in [-0.05, 0) is 19.1 Å². The van der Waals surface area contributed by atoms with Crippen LogP contribution in [-0.4, -0.2) is 52.0 Å². The summed E-state index contributed by atoms with van der Waals surface area (Å²) in [7, 11) is -0.727. The predicted molar refractivity (Wildman–Crippen MR) is 75.7 cm³/mol. The zero-order valence-corrected chi connectivity index (χ0v) is 12.7. The van der Waals surface area contributed by atoms with Crippen molar-refractivity contribution in [2.24, 2.45) is 0 Å². The number of benzene rings is 1. The number of carbonyl (C=O) groups is 1. The Morgan fingerprint density at radius 2 is 1.95 bits per heavy atom. The SMILES string of the molecule is COC[C@H](C)NC(=O)CN(C)S(=O)(=O)c1ccccc1. The van der Waals surface area contributed by atoms with Crippen molar-refractivity contribution in [3.05, 3.63) is 30.3 Å². The van der Waals surface area contributed by atoms with Crippen LogP contribution in [0.4, 0.5) is 0 Å². The van der Waals surface area contributed by atoms with E-state index < -0.39 is 10.0 Å². The Kier molecular flexibility index (Phi) is 6.12. The second-order valence-corrected chi connectivity index (χ2v) is 6.54. The summed E-state index contributed by atoms with van der Waals surface area (Å²) in [5.41, 5.74) is 0. The van der Waals surface area contributed by atoms with E-state index in [-0.39, 0.29) is 23.4 Å². The molecule has 6 nitrogen and oxygen atoms in total. The van der Waals surface area contributed by atoms with Crippen LogP contribution in [0.5, 0.6) is 0 Å². The van der Waals surface area contributed by atoms with Crippen LogP contribution in [0.25, 0.3) is 0 Å². The third-order valence-corrected chi connectivity index (χ3v) is 4.46. The quantitative estimate of drug-likeness (QED) is 0.793. The van der Waals surface area contributed by atoms with Crippen molar-refractivity contribution in [3.63, 3.8) is 0 Å². The van der Waals surface area contributed by atoms with Gasteiger partial charge in [0.2, 0.25) is 15.9 Å². The molecule has 1 amide bonds. The number of rotatable bonds is 7. The fourth-order valence-electron chi connectivity index (χ4n) is 1.67. The molecule has 0 unspecified atom stereocenters. The monoisotopic (exact) mass is 300 g/mol. The third kappa shape index (κ3) is 4.59. The summed E-state index contributed by atoms with van der Waals surface area (Å²) in [5, 5.41) is 2.67. The molecule has 0 saturated carbocycles. The highest BCUT2D eigenvalue weighted by molar-refractivity contribution is 7.89. The number of sulfonamides is 1.